The molecule has 0 unspecified atom stereocenters. The summed E-state index contributed by atoms with van der Waals surface area (Å²) in [7, 11) is 0. The summed E-state index contributed by atoms with van der Waals surface area (Å²) in [6, 6.07) is 7.94. The van der Waals surface area contributed by atoms with E-state index in [0.29, 0.717) is 0 Å². The second-order valence-corrected chi connectivity index (χ2v) is 1.92. The number of hydrogen-bond donors (Lipinski definition) is 1. The van der Waals surface area contributed by atoms with Gasteiger partial charge in [-0.2, -0.15) is 0 Å². The molecule has 0 fully saturated rings. The zero-order valence-electron chi connectivity index (χ0n) is 5.28. The summed E-state index contributed by atoms with van der Waals surface area (Å²) in [5.74, 6) is 0. The summed E-state index contributed by atoms with van der Waals surface area (Å²) in [5, 5.41) is 0. The van der Waals surface area contributed by atoms with Gasteiger partial charge in [-0.1, -0.05) is 12.1 Å². The van der Waals surface area contributed by atoms with E-state index in [9.17, 15) is 0 Å². The van der Waals surface area contributed by atoms with Gasteiger partial charge in [0.05, 0.1) is 17.4 Å². The molecule has 3 heteroatoms. The van der Waals surface area contributed by atoms with E-state index in [-0.39, 0.29) is 26.2 Å². The first-order valence-corrected chi connectivity index (χ1v) is 2.85. The van der Waals surface area contributed by atoms with Crippen LogP contribution in [0.5, 0.6) is 0 Å². The monoisotopic (exact) mass is 327 g/mol. The predicted molar refractivity (Wildman–Crippen MR) is 41.8 cm³/mol. The van der Waals surface area contributed by atoms with E-state index < -0.39 is 0 Å². The van der Waals surface area contributed by atoms with Gasteiger partial charge in [0, 0.05) is 26.2 Å². The van der Waals surface area contributed by atoms with Crippen LogP contribution < -0.4 is 0 Å². The van der Waals surface area contributed by atoms with E-state index in [1.54, 1.807) is 6.33 Å². The van der Waals surface area contributed by atoms with Crippen LogP contribution in [0, 0.1) is 0 Å². The van der Waals surface area contributed by atoms with Crippen molar-refractivity contribution in [2.45, 2.75) is 0 Å². The van der Waals surface area contributed by atoms with Gasteiger partial charge in [-0.15, -0.1) is 0 Å². The Hall–Kier alpha value is -0.427. The van der Waals surface area contributed by atoms with Gasteiger partial charge in [-0.05, 0) is 12.1 Å². The number of para-hydroxylation sites is 2. The molecule has 0 aliphatic rings. The van der Waals surface area contributed by atoms with Gasteiger partial charge in [-0.25, -0.2) is 4.98 Å². The molecular weight excluding hydrogens is 321 g/mol. The second-order valence-electron chi connectivity index (χ2n) is 1.92. The van der Waals surface area contributed by atoms with Crippen molar-refractivity contribution in [2.24, 2.45) is 0 Å². The van der Waals surface area contributed by atoms with Crippen LogP contribution >= 0.6 is 0 Å². The Kier molecular flexibility index (Phi) is 2.39. The van der Waals surface area contributed by atoms with E-state index in [1.165, 1.54) is 0 Å². The number of rotatable bonds is 0. The molecule has 0 saturated heterocycles. The van der Waals surface area contributed by atoms with Crippen LogP contribution in [-0.2, 0) is 0 Å². The minimum Gasteiger partial charge on any atom is -0.345 e. The van der Waals surface area contributed by atoms with Gasteiger partial charge in [0.25, 0.3) is 0 Å². The minimum absolute atomic E-state index is 0. The maximum absolute atomic E-state index is 4.06. The molecule has 10 heavy (non-hydrogen) atoms. The molecule has 49 valence electrons. The van der Waals surface area contributed by atoms with E-state index in [2.05, 4.69) is 9.97 Å². The van der Waals surface area contributed by atoms with Crippen molar-refractivity contribution in [1.29, 1.82) is 0 Å². The molecule has 0 aliphatic heterocycles. The molecule has 1 heterocycles. The molecule has 0 amide bonds. The molecule has 1 aromatic heterocycles. The number of hydrogen-bond acceptors (Lipinski definition) is 1. The topological polar surface area (TPSA) is 28.7 Å². The summed E-state index contributed by atoms with van der Waals surface area (Å²) in [4.78, 5) is 7.07. The molecule has 0 atom stereocenters. The van der Waals surface area contributed by atoms with Gasteiger partial charge < -0.3 is 4.98 Å². The Bertz CT molecular complexity index is 286. The molecule has 0 aliphatic carbocycles. The van der Waals surface area contributed by atoms with Crippen LogP contribution in [0.4, 0.5) is 0 Å². The summed E-state index contributed by atoms with van der Waals surface area (Å²) < 4.78 is 0. The maximum Gasteiger partial charge on any atom is 0.0931 e. The number of nitrogens with zero attached hydrogens (tertiary/aromatic N) is 1. The fourth-order valence-electron chi connectivity index (χ4n) is 0.880. The quantitative estimate of drug-likeness (QED) is 0.724. The number of aromatic amines is 1. The number of aromatic nitrogens is 2. The molecule has 0 spiro atoms. The molecule has 0 bridgehead atoms. The SMILES string of the molecule is [Bi].c1ccc2[nH]cnc2c1. The van der Waals surface area contributed by atoms with E-state index in [0.717, 1.165) is 11.0 Å². The normalized spacial score (nSPS) is 9.20. The second kappa shape index (κ2) is 3.11. The van der Waals surface area contributed by atoms with Crippen LogP contribution in [0.2, 0.25) is 0 Å². The Morgan fingerprint density at radius 1 is 1.20 bits per heavy atom. The number of fused-ring (bicyclic) bond motifs is 1. The first kappa shape index (κ1) is 7.68. The first-order chi connectivity index (χ1) is 4.47. The third-order valence-corrected chi connectivity index (χ3v) is 1.33. The van der Waals surface area contributed by atoms with Crippen LogP contribution in [0.15, 0.2) is 30.6 Å². The fourth-order valence-corrected chi connectivity index (χ4v) is 0.880. The number of imidazole rings is 1. The van der Waals surface area contributed by atoms with Gasteiger partial charge >= 0.3 is 0 Å². The van der Waals surface area contributed by atoms with Crippen molar-refractivity contribution >= 4 is 37.2 Å². The molecule has 0 saturated carbocycles. The average molecular weight is 327 g/mol. The van der Waals surface area contributed by atoms with Gasteiger partial charge in [0.15, 0.2) is 0 Å². The Morgan fingerprint density at radius 2 is 2.00 bits per heavy atom. The van der Waals surface area contributed by atoms with Crippen LogP contribution in [-0.4, -0.2) is 36.2 Å². The Balaban J connectivity index is 0.000000500. The van der Waals surface area contributed by atoms with Crippen molar-refractivity contribution in [3.63, 3.8) is 0 Å². The maximum atomic E-state index is 4.06. The van der Waals surface area contributed by atoms with Gasteiger partial charge in [0.2, 0.25) is 0 Å². The molecule has 2 nitrogen and oxygen atoms in total. The standard InChI is InChI=1S/C7H6N2.Bi/c1-2-4-7-6(3-1)8-5-9-7;/h1-5H,(H,8,9);. The van der Waals surface area contributed by atoms with Crippen LogP contribution in [0.3, 0.4) is 0 Å². The summed E-state index contributed by atoms with van der Waals surface area (Å²) in [6.07, 6.45) is 1.70. The molecule has 2 aromatic rings. The predicted octanol–water partition coefficient (Wildman–Crippen LogP) is 1.18. The molecule has 2 rings (SSSR count). The average Bonchev–Trinajstić information content (AvgIpc) is 2.33. The van der Waals surface area contributed by atoms with Crippen molar-refractivity contribution < 1.29 is 0 Å². The number of nitrogens with one attached hydrogen (secondary N) is 1. The van der Waals surface area contributed by atoms with E-state index >= 15 is 0 Å². The number of H-pyrrole nitrogens is 1. The smallest absolute Gasteiger partial charge is 0.0931 e. The summed E-state index contributed by atoms with van der Waals surface area (Å²) in [6.45, 7) is 0. The van der Waals surface area contributed by atoms with Crippen molar-refractivity contribution in [2.75, 3.05) is 0 Å². The number of benzene rings is 1. The first-order valence-electron chi connectivity index (χ1n) is 2.85. The van der Waals surface area contributed by atoms with Crippen molar-refractivity contribution in [1.82, 2.24) is 9.97 Å². The summed E-state index contributed by atoms with van der Waals surface area (Å²) in [5.41, 5.74) is 2.12. The molecule has 3 radical (unpaired) electrons. The molecule has 1 N–H and O–H groups in total. The third-order valence-electron chi connectivity index (χ3n) is 1.33. The van der Waals surface area contributed by atoms with E-state index in [1.807, 2.05) is 24.3 Å². The van der Waals surface area contributed by atoms with Crippen LogP contribution in [0.1, 0.15) is 0 Å². The third kappa shape index (κ3) is 1.19. The largest absolute Gasteiger partial charge is 0.345 e. The van der Waals surface area contributed by atoms with E-state index in [4.69, 9.17) is 0 Å². The fraction of sp³-hybridized carbons (Fsp3) is 0. The van der Waals surface area contributed by atoms with Crippen molar-refractivity contribution in [3.8, 4) is 0 Å². The zero-order chi connectivity index (χ0) is 6.10. The molecular formula is C7H6BiN2. The Morgan fingerprint density at radius 3 is 2.80 bits per heavy atom. The zero-order valence-corrected chi connectivity index (χ0v) is 8.76. The summed E-state index contributed by atoms with van der Waals surface area (Å²) >= 11 is 0. The van der Waals surface area contributed by atoms with Crippen molar-refractivity contribution in [3.05, 3.63) is 30.6 Å². The molecule has 1 aromatic carbocycles. The Labute approximate surface area is 77.8 Å². The van der Waals surface area contributed by atoms with Gasteiger partial charge in [-0.3, -0.25) is 0 Å². The minimum atomic E-state index is 0. The van der Waals surface area contributed by atoms with Crippen LogP contribution in [0.25, 0.3) is 11.0 Å². The van der Waals surface area contributed by atoms with Gasteiger partial charge in [0.1, 0.15) is 0 Å².